The van der Waals surface area contributed by atoms with Crippen LogP contribution in [-0.2, 0) is 14.2 Å². The zero-order chi connectivity index (χ0) is 26.1. The fourth-order valence-corrected chi connectivity index (χ4v) is 5.66. The first-order valence-electron chi connectivity index (χ1n) is 11.9. The molecule has 0 amide bonds. The van der Waals surface area contributed by atoms with Crippen molar-refractivity contribution in [2.75, 3.05) is 45.9 Å². The van der Waals surface area contributed by atoms with Crippen molar-refractivity contribution in [1.82, 2.24) is 9.24 Å². The highest BCUT2D eigenvalue weighted by Crippen LogP contribution is 2.33. The monoisotopic (exact) mass is 530 g/mol. The number of ether oxygens (including phenoxy) is 4. The van der Waals surface area contributed by atoms with Gasteiger partial charge in [0.15, 0.2) is 0 Å². The Labute approximate surface area is 215 Å². The molecule has 0 unspecified atom stereocenters. The summed E-state index contributed by atoms with van der Waals surface area (Å²) in [5, 5.41) is 0.347. The van der Waals surface area contributed by atoms with Crippen molar-refractivity contribution < 1.29 is 23.3 Å². The lowest BCUT2D eigenvalue weighted by Crippen LogP contribution is -2.42. The summed E-state index contributed by atoms with van der Waals surface area (Å²) in [4.78, 5) is 32.3. The Morgan fingerprint density at radius 2 is 2.05 bits per heavy atom. The second-order valence-electron chi connectivity index (χ2n) is 8.56. The highest BCUT2D eigenvalue weighted by atomic mass is 32.1. The molecule has 2 aromatic heterocycles. The van der Waals surface area contributed by atoms with Crippen molar-refractivity contribution in [3.05, 3.63) is 60.9 Å². The average Bonchev–Trinajstić information content (AvgIpc) is 3.55. The Balaban J connectivity index is 1.78. The summed E-state index contributed by atoms with van der Waals surface area (Å²) in [6, 6.07) is 4.09. The van der Waals surface area contributed by atoms with E-state index in [2.05, 4.69) is 10.4 Å². The summed E-state index contributed by atoms with van der Waals surface area (Å²) in [7, 11) is 2.97. The lowest BCUT2D eigenvalue weighted by molar-refractivity contribution is 0.0139. The molecule has 10 nitrogen and oxygen atoms in total. The minimum absolute atomic E-state index is 0.212. The minimum atomic E-state index is -0.634. The Hall–Kier alpha value is -3.64. The van der Waals surface area contributed by atoms with Gasteiger partial charge in [0, 0.05) is 19.9 Å². The molecular formula is C25H27FN4O6S. The summed E-state index contributed by atoms with van der Waals surface area (Å²) >= 11 is 1.23. The third kappa shape index (κ3) is 4.62. The Kier molecular flexibility index (Phi) is 7.02. The number of benzene rings is 1. The molecule has 1 fully saturated rings. The van der Waals surface area contributed by atoms with E-state index in [9.17, 15) is 14.0 Å². The smallest absolute Gasteiger partial charge is 0.355 e. The van der Waals surface area contributed by atoms with Gasteiger partial charge in [-0.2, -0.15) is 4.68 Å². The number of hydrogen-bond donors (Lipinski definition) is 1. The average molecular weight is 531 g/mol. The van der Waals surface area contributed by atoms with Gasteiger partial charge in [-0.05, 0) is 30.7 Å². The standard InChI is InChI=1S/C25H27FN4O6S/c1-14-20-23(31)30(27-2)25(32)29(24(20)37-21(14)22-28-8-11-35-22)13-19(36-16-6-9-34-10-7-16)17-12-15(26)4-5-18(17)33-3/h4-5,12-13,16,27H,6-11H2,1-3H3. The third-order valence-electron chi connectivity index (χ3n) is 6.30. The van der Waals surface area contributed by atoms with E-state index in [1.165, 1.54) is 54.5 Å². The van der Waals surface area contributed by atoms with E-state index >= 15 is 0 Å². The van der Waals surface area contributed by atoms with Crippen LogP contribution in [0.2, 0.25) is 0 Å². The Bertz CT molecular complexity index is 1520. The molecule has 0 aliphatic carbocycles. The third-order valence-corrected chi connectivity index (χ3v) is 7.58. The lowest BCUT2D eigenvalue weighted by Gasteiger charge is -2.25. The van der Waals surface area contributed by atoms with Gasteiger partial charge in [0.25, 0.3) is 5.56 Å². The highest BCUT2D eigenvalue weighted by Gasteiger charge is 2.25. The minimum Gasteiger partial charge on any atom is -0.496 e. The molecule has 0 spiro atoms. The van der Waals surface area contributed by atoms with Crippen LogP contribution in [0.15, 0.2) is 32.8 Å². The molecule has 196 valence electrons. The van der Waals surface area contributed by atoms with Crippen molar-refractivity contribution in [2.24, 2.45) is 4.99 Å². The molecule has 0 radical (unpaired) electrons. The number of aliphatic imine (C=N–C) groups is 1. The maximum absolute atomic E-state index is 14.4. The summed E-state index contributed by atoms with van der Waals surface area (Å²) < 4.78 is 39.6. The van der Waals surface area contributed by atoms with E-state index in [4.69, 9.17) is 18.9 Å². The zero-order valence-electron chi connectivity index (χ0n) is 20.7. The zero-order valence-corrected chi connectivity index (χ0v) is 21.5. The van der Waals surface area contributed by atoms with Crippen LogP contribution in [0.3, 0.4) is 0 Å². The quantitative estimate of drug-likeness (QED) is 0.469. The van der Waals surface area contributed by atoms with E-state index in [0.29, 0.717) is 77.1 Å². The number of methoxy groups -OCH3 is 1. The second kappa shape index (κ2) is 10.4. The van der Waals surface area contributed by atoms with Crippen molar-refractivity contribution in [3.63, 3.8) is 0 Å². The molecule has 3 aromatic rings. The molecule has 5 rings (SSSR count). The van der Waals surface area contributed by atoms with Gasteiger partial charge in [0.1, 0.15) is 34.9 Å². The van der Waals surface area contributed by atoms with Crippen LogP contribution in [0.1, 0.15) is 28.8 Å². The Morgan fingerprint density at radius 1 is 1.27 bits per heavy atom. The number of hydrogen-bond acceptors (Lipinski definition) is 9. The van der Waals surface area contributed by atoms with Crippen LogP contribution in [0.5, 0.6) is 5.75 Å². The summed E-state index contributed by atoms with van der Waals surface area (Å²) in [5.74, 6) is 0.570. The fourth-order valence-electron chi connectivity index (χ4n) is 4.43. The van der Waals surface area contributed by atoms with Gasteiger partial charge >= 0.3 is 5.69 Å². The molecule has 0 saturated carbocycles. The molecule has 2 aliphatic heterocycles. The summed E-state index contributed by atoms with van der Waals surface area (Å²) in [6.07, 6.45) is 2.54. The van der Waals surface area contributed by atoms with Gasteiger partial charge in [0.2, 0.25) is 5.90 Å². The molecule has 1 N–H and O–H groups in total. The number of rotatable bonds is 7. The maximum Gasteiger partial charge on any atom is 0.355 e. The summed E-state index contributed by atoms with van der Waals surface area (Å²) in [5.41, 5.74) is 2.55. The molecule has 2 aliphatic rings. The van der Waals surface area contributed by atoms with E-state index in [1.807, 2.05) is 0 Å². The van der Waals surface area contributed by atoms with Crippen LogP contribution >= 0.6 is 11.3 Å². The molecule has 0 bridgehead atoms. The number of aryl methyl sites for hydroxylation is 1. The van der Waals surface area contributed by atoms with E-state index in [0.717, 1.165) is 4.68 Å². The van der Waals surface area contributed by atoms with Crippen LogP contribution < -0.4 is 21.4 Å². The van der Waals surface area contributed by atoms with Crippen molar-refractivity contribution in [2.45, 2.75) is 25.9 Å². The van der Waals surface area contributed by atoms with Gasteiger partial charge in [0.05, 0.1) is 48.9 Å². The van der Waals surface area contributed by atoms with Crippen LogP contribution in [0.25, 0.3) is 22.2 Å². The molecule has 4 heterocycles. The van der Waals surface area contributed by atoms with Gasteiger partial charge in [-0.15, -0.1) is 11.3 Å². The highest BCUT2D eigenvalue weighted by molar-refractivity contribution is 7.20. The predicted molar refractivity (Wildman–Crippen MR) is 140 cm³/mol. The van der Waals surface area contributed by atoms with Gasteiger partial charge in [-0.25, -0.2) is 14.2 Å². The first kappa shape index (κ1) is 25.0. The second-order valence-corrected chi connectivity index (χ2v) is 9.56. The number of nitrogens with one attached hydrogen (secondary N) is 1. The van der Waals surface area contributed by atoms with Crippen molar-refractivity contribution >= 4 is 39.4 Å². The van der Waals surface area contributed by atoms with Gasteiger partial charge < -0.3 is 24.4 Å². The van der Waals surface area contributed by atoms with Gasteiger partial charge in [-0.1, -0.05) is 0 Å². The van der Waals surface area contributed by atoms with Crippen LogP contribution in [0, 0.1) is 12.7 Å². The molecule has 0 atom stereocenters. The predicted octanol–water partition coefficient (Wildman–Crippen LogP) is 2.78. The fraction of sp³-hybridized carbons (Fsp3) is 0.400. The molecular weight excluding hydrogens is 503 g/mol. The maximum atomic E-state index is 14.4. The van der Waals surface area contributed by atoms with E-state index in [1.54, 1.807) is 6.92 Å². The van der Waals surface area contributed by atoms with E-state index < -0.39 is 17.1 Å². The first-order chi connectivity index (χ1) is 17.9. The number of halogens is 1. The molecule has 12 heteroatoms. The molecule has 37 heavy (non-hydrogen) atoms. The van der Waals surface area contributed by atoms with Crippen LogP contribution in [-0.4, -0.2) is 61.8 Å². The molecule has 1 aromatic carbocycles. The molecule has 1 saturated heterocycles. The van der Waals surface area contributed by atoms with Crippen molar-refractivity contribution in [3.8, 4) is 5.75 Å². The largest absolute Gasteiger partial charge is 0.496 e. The van der Waals surface area contributed by atoms with E-state index in [-0.39, 0.29) is 11.9 Å². The summed E-state index contributed by atoms with van der Waals surface area (Å²) in [6.45, 7) is 3.84. The topological polar surface area (TPSA) is 105 Å². The normalized spacial score (nSPS) is 16.5. The number of fused-ring (bicyclic) bond motifs is 1. The van der Waals surface area contributed by atoms with Crippen molar-refractivity contribution in [1.29, 1.82) is 0 Å². The number of nitrogens with zero attached hydrogens (tertiary/aromatic N) is 3. The van der Waals surface area contributed by atoms with Crippen LogP contribution in [0.4, 0.5) is 4.39 Å². The Morgan fingerprint density at radius 3 is 2.73 bits per heavy atom. The van der Waals surface area contributed by atoms with Gasteiger partial charge in [-0.3, -0.25) is 9.36 Å². The number of aromatic nitrogens is 2. The SMILES string of the molecule is CNn1c(=O)c2c(C)c(C3=NCCO3)sc2n(C=C(OC2CCOCC2)c2cc(F)ccc2OC)c1=O. The lowest BCUT2D eigenvalue weighted by atomic mass is 10.1. The number of thiophene rings is 1. The first-order valence-corrected chi connectivity index (χ1v) is 12.7.